The van der Waals surface area contributed by atoms with Gasteiger partial charge in [-0.2, -0.15) is 0 Å². The average molecular weight is 344 g/mol. The van der Waals surface area contributed by atoms with Gasteiger partial charge in [0.05, 0.1) is 11.2 Å². The number of nitrogen functional groups attached to an aromatic ring is 2. The maximum Gasteiger partial charge on any atom is 0.332 e. The Labute approximate surface area is 149 Å². The van der Waals surface area contributed by atoms with Gasteiger partial charge in [0.1, 0.15) is 18.0 Å². The molecule has 0 bridgehead atoms. The summed E-state index contributed by atoms with van der Waals surface area (Å²) in [5, 5.41) is 3.67. The molecule has 2 aromatic heterocycles. The number of amides is 1. The van der Waals surface area contributed by atoms with Crippen LogP contribution in [0.3, 0.4) is 0 Å². The Morgan fingerprint density at radius 1 is 0.962 bits per heavy atom. The Morgan fingerprint density at radius 2 is 1.77 bits per heavy atom. The van der Waals surface area contributed by atoms with Crippen molar-refractivity contribution in [3.63, 3.8) is 0 Å². The second kappa shape index (κ2) is 6.21. The van der Waals surface area contributed by atoms with Gasteiger partial charge in [0.15, 0.2) is 0 Å². The van der Waals surface area contributed by atoms with E-state index in [-0.39, 0.29) is 6.03 Å². The zero-order valence-electron chi connectivity index (χ0n) is 13.8. The minimum absolute atomic E-state index is 0.317. The largest absolute Gasteiger partial charge is 0.385 e. The van der Waals surface area contributed by atoms with Crippen molar-refractivity contribution in [2.24, 2.45) is 0 Å². The van der Waals surface area contributed by atoms with E-state index < -0.39 is 0 Å². The van der Waals surface area contributed by atoms with Gasteiger partial charge in [-0.3, -0.25) is 0 Å². The van der Waals surface area contributed by atoms with E-state index in [0.29, 0.717) is 28.5 Å². The van der Waals surface area contributed by atoms with Crippen molar-refractivity contribution in [1.82, 2.24) is 14.5 Å². The maximum atomic E-state index is 12.6. The molecule has 4 rings (SSSR count). The van der Waals surface area contributed by atoms with Crippen LogP contribution in [0, 0.1) is 0 Å². The van der Waals surface area contributed by atoms with E-state index in [0.717, 1.165) is 10.9 Å². The number of benzene rings is 2. The lowest BCUT2D eigenvalue weighted by molar-refractivity contribution is 0.254. The average Bonchev–Trinajstić information content (AvgIpc) is 2.97. The molecule has 0 unspecified atom stereocenters. The van der Waals surface area contributed by atoms with Crippen LogP contribution in [0.25, 0.3) is 22.2 Å². The third kappa shape index (κ3) is 2.82. The van der Waals surface area contributed by atoms with Crippen LogP contribution in [0.15, 0.2) is 67.0 Å². The Morgan fingerprint density at radius 3 is 2.54 bits per heavy atom. The van der Waals surface area contributed by atoms with Gasteiger partial charge in [-0.05, 0) is 30.3 Å². The number of nitrogens with zero attached hydrogens (tertiary/aromatic N) is 3. The van der Waals surface area contributed by atoms with Crippen molar-refractivity contribution < 1.29 is 4.79 Å². The van der Waals surface area contributed by atoms with E-state index >= 15 is 0 Å². The highest BCUT2D eigenvalue weighted by Crippen LogP contribution is 2.27. The van der Waals surface area contributed by atoms with Gasteiger partial charge >= 0.3 is 6.03 Å². The summed E-state index contributed by atoms with van der Waals surface area (Å²) in [6.07, 6.45) is 1.42. The number of nitrogens with one attached hydrogen (secondary N) is 1. The minimum atomic E-state index is -0.317. The van der Waals surface area contributed by atoms with Crippen molar-refractivity contribution in [2.75, 3.05) is 16.8 Å². The van der Waals surface area contributed by atoms with E-state index in [1.54, 1.807) is 12.1 Å². The van der Waals surface area contributed by atoms with Crippen LogP contribution in [-0.4, -0.2) is 20.6 Å². The van der Waals surface area contributed by atoms with Gasteiger partial charge in [0.2, 0.25) is 0 Å². The molecule has 2 heterocycles. The number of nitrogens with two attached hydrogens (primary N) is 2. The van der Waals surface area contributed by atoms with Gasteiger partial charge in [-0.25, -0.2) is 19.3 Å². The van der Waals surface area contributed by atoms with Gasteiger partial charge < -0.3 is 16.8 Å². The normalized spacial score (nSPS) is 10.8. The van der Waals surface area contributed by atoms with Gasteiger partial charge in [-0.15, -0.1) is 0 Å². The zero-order chi connectivity index (χ0) is 18.1. The van der Waals surface area contributed by atoms with Crippen LogP contribution in [0.2, 0.25) is 0 Å². The Bertz CT molecular complexity index is 1100. The predicted molar refractivity (Wildman–Crippen MR) is 103 cm³/mol. The van der Waals surface area contributed by atoms with E-state index in [4.69, 9.17) is 11.5 Å². The molecule has 0 aliphatic rings. The highest BCUT2D eigenvalue weighted by atomic mass is 16.2. The summed E-state index contributed by atoms with van der Waals surface area (Å²) in [4.78, 5) is 20.8. The molecule has 0 aliphatic carbocycles. The molecule has 26 heavy (non-hydrogen) atoms. The fraction of sp³-hybridized carbons (Fsp3) is 0. The molecule has 0 aliphatic heterocycles. The van der Waals surface area contributed by atoms with E-state index in [9.17, 15) is 4.79 Å². The minimum Gasteiger partial charge on any atom is -0.385 e. The van der Waals surface area contributed by atoms with Gasteiger partial charge in [0, 0.05) is 22.7 Å². The van der Waals surface area contributed by atoms with E-state index in [1.807, 2.05) is 48.5 Å². The third-order valence-electron chi connectivity index (χ3n) is 4.04. The molecule has 0 spiro atoms. The first-order valence-corrected chi connectivity index (χ1v) is 7.97. The molecule has 0 saturated heterocycles. The monoisotopic (exact) mass is 344 g/mol. The zero-order valence-corrected chi connectivity index (χ0v) is 13.8. The van der Waals surface area contributed by atoms with Crippen molar-refractivity contribution in [3.8, 4) is 11.3 Å². The highest BCUT2D eigenvalue weighted by Gasteiger charge is 2.14. The number of hydrogen-bond acceptors (Lipinski definition) is 5. The molecule has 7 heteroatoms. The molecule has 2 aromatic carbocycles. The number of carbonyl (C=O) groups excluding carboxylic acids is 1. The molecule has 0 fully saturated rings. The second-order valence-electron chi connectivity index (χ2n) is 5.80. The van der Waals surface area contributed by atoms with Gasteiger partial charge in [-0.1, -0.05) is 24.3 Å². The van der Waals surface area contributed by atoms with Crippen LogP contribution < -0.4 is 16.8 Å². The van der Waals surface area contributed by atoms with Crippen LogP contribution in [0.1, 0.15) is 0 Å². The summed E-state index contributed by atoms with van der Waals surface area (Å²) in [6, 6.07) is 18.0. The first-order chi connectivity index (χ1) is 12.6. The third-order valence-corrected chi connectivity index (χ3v) is 4.04. The summed E-state index contributed by atoms with van der Waals surface area (Å²) in [5.41, 5.74) is 14.8. The van der Waals surface area contributed by atoms with Crippen molar-refractivity contribution in [2.45, 2.75) is 0 Å². The summed E-state index contributed by atoms with van der Waals surface area (Å²) >= 11 is 0. The van der Waals surface area contributed by atoms with Crippen LogP contribution in [-0.2, 0) is 0 Å². The molecule has 1 amide bonds. The van der Waals surface area contributed by atoms with E-state index in [2.05, 4.69) is 15.3 Å². The first-order valence-electron chi connectivity index (χ1n) is 7.97. The molecule has 4 aromatic rings. The number of fused-ring (bicyclic) bond motifs is 1. The fourth-order valence-corrected chi connectivity index (χ4v) is 2.85. The molecule has 0 radical (unpaired) electrons. The van der Waals surface area contributed by atoms with Crippen molar-refractivity contribution in [1.29, 1.82) is 0 Å². The number of hydrogen-bond donors (Lipinski definition) is 3. The number of anilines is 3. The molecular weight excluding hydrogens is 328 g/mol. The lowest BCUT2D eigenvalue weighted by Gasteiger charge is -2.09. The van der Waals surface area contributed by atoms with Crippen LogP contribution >= 0.6 is 0 Å². The first kappa shape index (κ1) is 15.6. The molecule has 7 nitrogen and oxygen atoms in total. The Balaban J connectivity index is 1.73. The van der Waals surface area contributed by atoms with Crippen LogP contribution in [0.4, 0.5) is 22.1 Å². The van der Waals surface area contributed by atoms with Crippen molar-refractivity contribution in [3.05, 3.63) is 67.0 Å². The second-order valence-corrected chi connectivity index (χ2v) is 5.80. The fourth-order valence-electron chi connectivity index (χ4n) is 2.85. The molecular formula is C19H16N6O. The number of rotatable bonds is 2. The molecule has 0 atom stereocenters. The number of para-hydroxylation sites is 1. The smallest absolute Gasteiger partial charge is 0.332 e. The quantitative estimate of drug-likeness (QED) is 0.516. The molecule has 0 saturated carbocycles. The summed E-state index contributed by atoms with van der Waals surface area (Å²) in [7, 11) is 0. The summed E-state index contributed by atoms with van der Waals surface area (Å²) in [5.74, 6) is 0.752. The predicted octanol–water partition coefficient (Wildman–Crippen LogP) is 3.34. The standard InChI is InChI=1S/C19H16N6O/c20-17-10-15(22-11-23-17)12-6-7-16-13(8-12)9-18(21)25(16)19(26)24-14-4-2-1-3-5-14/h1-11H,21H2,(H,24,26)(H2,20,22,23). The molecule has 128 valence electrons. The van der Waals surface area contributed by atoms with Crippen molar-refractivity contribution >= 4 is 34.3 Å². The van der Waals surface area contributed by atoms with E-state index in [1.165, 1.54) is 10.9 Å². The van der Waals surface area contributed by atoms with Gasteiger partial charge in [0.25, 0.3) is 0 Å². The summed E-state index contributed by atoms with van der Waals surface area (Å²) < 4.78 is 1.44. The molecule has 5 N–H and O–H groups in total. The number of aromatic nitrogens is 3. The number of carbonyl (C=O) groups is 1. The van der Waals surface area contributed by atoms with Crippen LogP contribution in [0.5, 0.6) is 0 Å². The lowest BCUT2D eigenvalue weighted by Crippen LogP contribution is -2.20. The Kier molecular flexibility index (Phi) is 3.74. The maximum absolute atomic E-state index is 12.6. The SMILES string of the molecule is Nc1cc(-c2ccc3c(c2)cc(N)n3C(=O)Nc2ccccc2)ncn1. The highest BCUT2D eigenvalue weighted by molar-refractivity contribution is 6.02. The Hall–Kier alpha value is -3.87. The summed E-state index contributed by atoms with van der Waals surface area (Å²) in [6.45, 7) is 0. The lowest BCUT2D eigenvalue weighted by atomic mass is 10.1. The topological polar surface area (TPSA) is 112 Å².